The van der Waals surface area contributed by atoms with Gasteiger partial charge < -0.3 is 19.6 Å². The van der Waals surface area contributed by atoms with Gasteiger partial charge in [-0.3, -0.25) is 9.59 Å². The molecule has 0 saturated heterocycles. The van der Waals surface area contributed by atoms with Gasteiger partial charge in [-0.2, -0.15) is 0 Å². The van der Waals surface area contributed by atoms with Gasteiger partial charge >= 0.3 is 11.9 Å². The van der Waals surface area contributed by atoms with Crippen LogP contribution in [0.3, 0.4) is 0 Å². The number of esters is 2. The molecule has 1 heterocycles. The highest BCUT2D eigenvalue weighted by molar-refractivity contribution is 5.74. The summed E-state index contributed by atoms with van der Waals surface area (Å²) in [5.41, 5.74) is 5.68. The van der Waals surface area contributed by atoms with Crippen molar-refractivity contribution >= 4 is 11.9 Å². The number of rotatable bonds is 11. The number of likely N-dealkylation sites (N-methyl/N-ethyl adjacent to an activating group) is 1. The number of carbonyl (C=O) groups excluding carboxylic acids is 2. The van der Waals surface area contributed by atoms with Crippen molar-refractivity contribution < 1.29 is 25.5 Å². The van der Waals surface area contributed by atoms with Crippen LogP contribution in [0.15, 0.2) is 36.5 Å². The van der Waals surface area contributed by atoms with Crippen molar-refractivity contribution in [2.75, 3.05) is 21.3 Å². The van der Waals surface area contributed by atoms with Crippen LogP contribution in [-0.2, 0) is 38.4 Å². The van der Waals surface area contributed by atoms with Crippen molar-refractivity contribution in [3.05, 3.63) is 58.9 Å². The number of aliphatic hydroxyl groups excluding tert-OH is 1. The fourth-order valence-corrected chi connectivity index (χ4v) is 3.05. The highest BCUT2D eigenvalue weighted by Gasteiger charge is 2.21. The Kier molecular flexibility index (Phi) is 8.43. The molecular weight excluding hydrogens is 386 g/mol. The molecule has 164 valence electrons. The van der Waals surface area contributed by atoms with Gasteiger partial charge in [-0.25, -0.2) is 10.4 Å². The molecule has 1 aromatic carbocycles. The maximum Gasteiger partial charge on any atom is 0.310 e. The average Bonchev–Trinajstić information content (AvgIpc) is 3.18. The van der Waals surface area contributed by atoms with Crippen molar-refractivity contribution in [2.45, 2.75) is 44.9 Å². The third-order valence-electron chi connectivity index (χ3n) is 5.11. The summed E-state index contributed by atoms with van der Waals surface area (Å²) in [4.78, 5) is 26.5. The number of hydrogen-bond acceptors (Lipinski definition) is 7. The fraction of sp³-hybridized carbons (Fsp3) is 0.455. The van der Waals surface area contributed by atoms with E-state index in [4.69, 9.17) is 6.11 Å². The molecule has 0 bridgehead atoms. The van der Waals surface area contributed by atoms with Crippen LogP contribution in [0.2, 0.25) is 0 Å². The quantitative estimate of drug-likeness (QED) is 0.378. The first-order chi connectivity index (χ1) is 14.8. The first kappa shape index (κ1) is 22.0. The summed E-state index contributed by atoms with van der Waals surface area (Å²) in [6.07, 6.45) is 1.47. The fourth-order valence-electron chi connectivity index (χ4n) is 3.05. The average molecular weight is 419 g/mol. The summed E-state index contributed by atoms with van der Waals surface area (Å²) >= 11 is 0. The van der Waals surface area contributed by atoms with Gasteiger partial charge in [0.25, 0.3) is 0 Å². The molecule has 1 aromatic heterocycles. The molecule has 0 aliphatic rings. The minimum absolute atomic E-state index is 0.0190. The second-order valence-corrected chi connectivity index (χ2v) is 7.02. The number of H-pyrrole nitrogens is 1. The minimum Gasteiger partial charge on any atom is -0.469 e. The van der Waals surface area contributed by atoms with Crippen LogP contribution in [0, 0.1) is 0 Å². The van der Waals surface area contributed by atoms with Crippen LogP contribution in [-0.4, -0.2) is 54.3 Å². The molecule has 0 unspecified atom stereocenters. The lowest BCUT2D eigenvalue weighted by Gasteiger charge is -2.29. The molecule has 30 heavy (non-hydrogen) atoms. The molecule has 2 rings (SSSR count). The van der Waals surface area contributed by atoms with Crippen LogP contribution in [0.5, 0.6) is 0 Å². The maximum absolute atomic E-state index is 11.9. The van der Waals surface area contributed by atoms with Crippen molar-refractivity contribution in [3.8, 4) is 0 Å². The molecule has 0 saturated carbocycles. The Labute approximate surface area is 178 Å². The third-order valence-corrected chi connectivity index (χ3v) is 5.11. The predicted molar refractivity (Wildman–Crippen MR) is 112 cm³/mol. The van der Waals surface area contributed by atoms with E-state index in [1.807, 2.05) is 37.3 Å². The summed E-state index contributed by atoms with van der Waals surface area (Å²) in [5.74, 6) is -0.788. The number of aromatic nitrogens is 1. The van der Waals surface area contributed by atoms with Gasteiger partial charge in [0.15, 0.2) is 0 Å². The number of hydrogen-bond donors (Lipinski definition) is 3. The number of carbonyl (C=O) groups is 2. The first-order valence-corrected chi connectivity index (χ1v) is 9.75. The van der Waals surface area contributed by atoms with Crippen molar-refractivity contribution in [1.29, 1.82) is 0 Å². The topological polar surface area (TPSA) is 104 Å². The van der Waals surface area contributed by atoms with Gasteiger partial charge in [-0.15, -0.1) is 0 Å². The van der Waals surface area contributed by atoms with Crippen molar-refractivity contribution in [3.63, 3.8) is 0 Å². The second-order valence-electron chi connectivity index (χ2n) is 7.02. The number of aromatic amines is 1. The monoisotopic (exact) mass is 418 g/mol. The molecule has 0 aliphatic heterocycles. The van der Waals surface area contributed by atoms with Gasteiger partial charge in [-0.05, 0) is 30.0 Å². The van der Waals surface area contributed by atoms with Gasteiger partial charge in [-0.1, -0.05) is 30.3 Å². The highest BCUT2D eigenvalue weighted by Crippen LogP contribution is 2.21. The van der Waals surface area contributed by atoms with E-state index in [0.29, 0.717) is 17.7 Å². The molecule has 3 N–H and O–H groups in total. The van der Waals surface area contributed by atoms with Crippen molar-refractivity contribution in [2.24, 2.45) is 0 Å². The minimum atomic E-state index is -0.929. The molecule has 0 aliphatic carbocycles. The van der Waals surface area contributed by atoms with E-state index >= 15 is 0 Å². The number of aryl methyl sites for hydroxylation is 1. The van der Waals surface area contributed by atoms with Crippen LogP contribution >= 0.6 is 0 Å². The number of aliphatic hydroxyl groups is 1. The van der Waals surface area contributed by atoms with Gasteiger partial charge in [0.05, 0.1) is 40.7 Å². The van der Waals surface area contributed by atoms with E-state index in [1.54, 1.807) is 18.3 Å². The Morgan fingerprint density at radius 2 is 1.90 bits per heavy atom. The Balaban J connectivity index is 2.15. The summed E-state index contributed by atoms with van der Waals surface area (Å²) in [5, 5.41) is 12.3. The number of nitrogens with one attached hydrogen (secondary N) is 2. The number of benzene rings is 1. The van der Waals surface area contributed by atoms with Gasteiger partial charge in [0.1, 0.15) is 0 Å². The number of ether oxygens (including phenoxy) is 2. The molecule has 8 heteroatoms. The van der Waals surface area contributed by atoms with Gasteiger partial charge in [0.2, 0.25) is 0 Å². The molecule has 8 nitrogen and oxygen atoms in total. The lowest BCUT2D eigenvalue weighted by atomic mass is 10.0. The lowest BCUT2D eigenvalue weighted by molar-refractivity contribution is -0.140. The van der Waals surface area contributed by atoms with Crippen molar-refractivity contribution in [1.82, 2.24) is 15.4 Å². The Hall–Kier alpha value is -2.68. The Bertz CT molecular complexity index is 858. The Morgan fingerprint density at radius 3 is 2.53 bits per heavy atom. The smallest absolute Gasteiger partial charge is 0.310 e. The molecule has 3 atom stereocenters. The van der Waals surface area contributed by atoms with E-state index in [2.05, 4.69) is 15.1 Å². The van der Waals surface area contributed by atoms with E-state index in [1.165, 1.54) is 14.2 Å². The van der Waals surface area contributed by atoms with E-state index in [-0.39, 0.29) is 24.9 Å². The molecule has 2 aromatic rings. The summed E-state index contributed by atoms with van der Waals surface area (Å²) < 4.78 is 18.1. The van der Waals surface area contributed by atoms with E-state index in [9.17, 15) is 14.7 Å². The first-order valence-electron chi connectivity index (χ1n) is 10.3. The predicted octanol–water partition coefficient (Wildman–Crippen LogP) is 1.89. The SMILES string of the molecule is [2H][C@@H](NN(C)[C@@H](C)[C@H](O)c1ccccc1)c1[nH]cc(CCC(=O)OC)c1CC(=O)OC. The number of nitrogens with zero attached hydrogens (tertiary/aromatic N) is 1. The maximum atomic E-state index is 11.9. The highest BCUT2D eigenvalue weighted by atomic mass is 16.5. The zero-order valence-corrected chi connectivity index (χ0v) is 17.8. The molecular formula is C22H31N3O5. The largest absolute Gasteiger partial charge is 0.469 e. The van der Waals surface area contributed by atoms with Crippen LogP contribution in [0.25, 0.3) is 0 Å². The van der Waals surface area contributed by atoms with Gasteiger partial charge in [0, 0.05) is 25.4 Å². The van der Waals surface area contributed by atoms with E-state index in [0.717, 1.165) is 11.1 Å². The molecule has 0 amide bonds. The lowest BCUT2D eigenvalue weighted by Crippen LogP contribution is -2.43. The Morgan fingerprint density at radius 1 is 1.23 bits per heavy atom. The second kappa shape index (κ2) is 11.5. The zero-order valence-electron chi connectivity index (χ0n) is 18.8. The molecule has 0 radical (unpaired) electrons. The van der Waals surface area contributed by atoms with Crippen LogP contribution in [0.1, 0.15) is 43.2 Å². The molecule has 0 fully saturated rings. The summed E-state index contributed by atoms with van der Waals surface area (Å²) in [6, 6.07) is 8.97. The van der Waals surface area contributed by atoms with Crippen LogP contribution < -0.4 is 5.43 Å². The summed E-state index contributed by atoms with van der Waals surface area (Å²) in [6.45, 7) is 0.922. The zero-order chi connectivity index (χ0) is 23.0. The number of hydrazine groups is 1. The summed E-state index contributed by atoms with van der Waals surface area (Å²) in [7, 11) is 4.38. The molecule has 0 spiro atoms. The number of methoxy groups -OCH3 is 2. The third kappa shape index (κ3) is 6.41. The normalized spacial score (nSPS) is 14.7. The standard InChI is InChI=1S/C22H31N3O5/c1-15(22(28)16-8-6-5-7-9-16)25(2)24-14-19-18(12-21(27)30-4)17(13-23-19)10-11-20(26)29-3/h5-9,13,15,22-24,28H,10-12,14H2,1-4H3/t15-,22-/m0/s1/i14D/t14-,15+,22+/m1. The van der Waals surface area contributed by atoms with E-state index < -0.39 is 18.6 Å². The van der Waals surface area contributed by atoms with Crippen LogP contribution in [0.4, 0.5) is 0 Å².